The molecule has 1 aliphatic rings. The molecule has 1 aromatic carbocycles. The minimum absolute atomic E-state index is 0.0164. The predicted octanol–water partition coefficient (Wildman–Crippen LogP) is 4.12. The maximum absolute atomic E-state index is 12.9. The van der Waals surface area contributed by atoms with Gasteiger partial charge in [0.25, 0.3) is 0 Å². The molecule has 3 heterocycles. The van der Waals surface area contributed by atoms with Gasteiger partial charge in [0.15, 0.2) is 0 Å². The van der Waals surface area contributed by atoms with Crippen LogP contribution in [-0.4, -0.2) is 30.4 Å². The summed E-state index contributed by atoms with van der Waals surface area (Å²) in [5.74, 6) is 0. The third-order valence-corrected chi connectivity index (χ3v) is 6.03. The molecular weight excluding hydrogens is 388 g/mol. The van der Waals surface area contributed by atoms with Crippen molar-refractivity contribution >= 4 is 33.5 Å². The first-order valence-electron chi connectivity index (χ1n) is 10.1. The van der Waals surface area contributed by atoms with E-state index in [4.69, 9.17) is 16.6 Å². The average Bonchev–Trinajstić information content (AvgIpc) is 3.43. The van der Waals surface area contributed by atoms with Gasteiger partial charge in [0.2, 0.25) is 0 Å². The second kappa shape index (κ2) is 7.04. The van der Waals surface area contributed by atoms with Crippen LogP contribution in [0.15, 0.2) is 41.3 Å². The van der Waals surface area contributed by atoms with Crippen molar-refractivity contribution in [2.45, 2.75) is 38.3 Å². The minimum Gasteiger partial charge on any atom is -0.396 e. The van der Waals surface area contributed by atoms with Crippen LogP contribution < -0.4 is 5.69 Å². The quantitative estimate of drug-likeness (QED) is 0.486. The maximum atomic E-state index is 12.9. The van der Waals surface area contributed by atoms with Crippen molar-refractivity contribution in [3.8, 4) is 11.4 Å². The molecule has 29 heavy (non-hydrogen) atoms. The Kier molecular flexibility index (Phi) is 4.48. The standard InChI is InChI=1S/C22H23ClN4O2/c1-25-21-18(27(22(25)29)16-5-6-16)8-9-24-20(21)19-13-14-12-15(23)4-7-17(14)26(19)10-2-3-11-28/h4,7-9,12-13,16,28H,2-3,5-6,10-11H2,1H3. The average molecular weight is 411 g/mol. The molecule has 0 unspecified atom stereocenters. The van der Waals surface area contributed by atoms with E-state index in [0.29, 0.717) is 11.1 Å². The van der Waals surface area contributed by atoms with Crippen LogP contribution in [-0.2, 0) is 13.6 Å². The van der Waals surface area contributed by atoms with Crippen molar-refractivity contribution in [1.82, 2.24) is 18.7 Å². The molecule has 0 atom stereocenters. The number of fused-ring (bicyclic) bond motifs is 2. The van der Waals surface area contributed by atoms with Crippen molar-refractivity contribution in [3.63, 3.8) is 0 Å². The molecule has 0 radical (unpaired) electrons. The fourth-order valence-corrected chi connectivity index (χ4v) is 4.44. The number of aliphatic hydroxyl groups excluding tert-OH is 1. The van der Waals surface area contributed by atoms with E-state index in [1.165, 1.54) is 0 Å². The lowest BCUT2D eigenvalue weighted by atomic mass is 10.2. The van der Waals surface area contributed by atoms with Crippen molar-refractivity contribution < 1.29 is 5.11 Å². The molecule has 3 aromatic heterocycles. The topological polar surface area (TPSA) is 65.0 Å². The number of nitrogens with zero attached hydrogens (tertiary/aromatic N) is 4. The second-order valence-corrected chi connectivity index (χ2v) is 8.22. The molecule has 0 bridgehead atoms. The van der Waals surface area contributed by atoms with Gasteiger partial charge in [-0.2, -0.15) is 0 Å². The molecular formula is C22H23ClN4O2. The molecule has 150 valence electrons. The smallest absolute Gasteiger partial charge is 0.329 e. The Morgan fingerprint density at radius 3 is 2.76 bits per heavy atom. The van der Waals surface area contributed by atoms with E-state index in [1.54, 1.807) is 10.8 Å². The van der Waals surface area contributed by atoms with Gasteiger partial charge >= 0.3 is 5.69 Å². The van der Waals surface area contributed by atoms with Gasteiger partial charge in [-0.1, -0.05) is 11.6 Å². The molecule has 1 N–H and O–H groups in total. The minimum atomic E-state index is 0.0164. The van der Waals surface area contributed by atoms with E-state index < -0.39 is 0 Å². The number of pyridine rings is 1. The number of hydrogen-bond donors (Lipinski definition) is 1. The van der Waals surface area contributed by atoms with Gasteiger partial charge in [-0.25, -0.2) is 4.79 Å². The predicted molar refractivity (Wildman–Crippen MR) is 116 cm³/mol. The van der Waals surface area contributed by atoms with Gasteiger partial charge in [0.1, 0.15) is 5.69 Å². The lowest BCUT2D eigenvalue weighted by molar-refractivity contribution is 0.281. The molecule has 1 aliphatic carbocycles. The molecule has 1 saturated carbocycles. The third kappa shape index (κ3) is 2.98. The zero-order valence-corrected chi connectivity index (χ0v) is 17.1. The van der Waals surface area contributed by atoms with E-state index in [1.807, 2.05) is 35.9 Å². The van der Waals surface area contributed by atoms with Gasteiger partial charge in [-0.3, -0.25) is 14.1 Å². The number of aryl methyl sites for hydroxylation is 2. The number of aromatic nitrogens is 4. The molecule has 4 aromatic rings. The maximum Gasteiger partial charge on any atom is 0.329 e. The number of halogens is 1. The van der Waals surface area contributed by atoms with E-state index in [9.17, 15) is 9.90 Å². The molecule has 5 rings (SSSR count). The van der Waals surface area contributed by atoms with E-state index in [-0.39, 0.29) is 12.3 Å². The highest BCUT2D eigenvalue weighted by molar-refractivity contribution is 6.31. The SMILES string of the molecule is Cn1c(=O)n(C2CC2)c2ccnc(-c3cc4cc(Cl)ccc4n3CCCCO)c21. The number of hydrogen-bond acceptors (Lipinski definition) is 3. The van der Waals surface area contributed by atoms with Gasteiger partial charge < -0.3 is 9.67 Å². The van der Waals surface area contributed by atoms with Crippen molar-refractivity contribution in [2.24, 2.45) is 7.05 Å². The third-order valence-electron chi connectivity index (χ3n) is 5.80. The summed E-state index contributed by atoms with van der Waals surface area (Å²) in [4.78, 5) is 17.6. The van der Waals surface area contributed by atoms with Crippen molar-refractivity contribution in [1.29, 1.82) is 0 Å². The first kappa shape index (κ1) is 18.5. The first-order valence-corrected chi connectivity index (χ1v) is 10.4. The zero-order chi connectivity index (χ0) is 20.1. The molecule has 0 spiro atoms. The van der Waals surface area contributed by atoms with Crippen LogP contribution in [0.2, 0.25) is 5.02 Å². The molecule has 0 saturated heterocycles. The van der Waals surface area contributed by atoms with Crippen molar-refractivity contribution in [3.05, 3.63) is 52.0 Å². The van der Waals surface area contributed by atoms with Crippen LogP contribution in [0.3, 0.4) is 0 Å². The van der Waals surface area contributed by atoms with E-state index >= 15 is 0 Å². The summed E-state index contributed by atoms with van der Waals surface area (Å²) in [5, 5.41) is 11.0. The molecule has 0 amide bonds. The summed E-state index contributed by atoms with van der Waals surface area (Å²) in [5.41, 5.74) is 4.67. The van der Waals surface area contributed by atoms with Crippen LogP contribution in [0.5, 0.6) is 0 Å². The Morgan fingerprint density at radius 2 is 2.00 bits per heavy atom. The Balaban J connectivity index is 1.77. The van der Waals surface area contributed by atoms with Gasteiger partial charge in [0.05, 0.1) is 16.7 Å². The summed E-state index contributed by atoms with van der Waals surface area (Å²) < 4.78 is 5.86. The Morgan fingerprint density at radius 1 is 1.17 bits per heavy atom. The molecule has 0 aliphatic heterocycles. The van der Waals surface area contributed by atoms with Gasteiger partial charge in [-0.05, 0) is 56.0 Å². The van der Waals surface area contributed by atoms with Gasteiger partial charge in [0, 0.05) is 48.4 Å². The lowest BCUT2D eigenvalue weighted by Gasteiger charge is -2.12. The fraction of sp³-hybridized carbons (Fsp3) is 0.364. The Hall–Kier alpha value is -2.57. The van der Waals surface area contributed by atoms with Crippen LogP contribution in [0.4, 0.5) is 0 Å². The highest BCUT2D eigenvalue weighted by atomic mass is 35.5. The summed E-state index contributed by atoms with van der Waals surface area (Å²) >= 11 is 6.23. The zero-order valence-electron chi connectivity index (χ0n) is 16.3. The second-order valence-electron chi connectivity index (χ2n) is 7.79. The summed E-state index contributed by atoms with van der Waals surface area (Å²) in [6, 6.07) is 10.2. The number of rotatable bonds is 6. The molecule has 6 nitrogen and oxygen atoms in total. The lowest BCUT2D eigenvalue weighted by Crippen LogP contribution is -2.21. The van der Waals surface area contributed by atoms with Crippen LogP contribution in [0.25, 0.3) is 33.3 Å². The summed E-state index contributed by atoms with van der Waals surface area (Å²) in [6.45, 7) is 0.934. The van der Waals surface area contributed by atoms with Crippen LogP contribution in [0, 0.1) is 0 Å². The Bertz CT molecular complexity index is 1280. The highest BCUT2D eigenvalue weighted by Gasteiger charge is 2.29. The monoisotopic (exact) mass is 410 g/mol. The highest BCUT2D eigenvalue weighted by Crippen LogP contribution is 2.38. The normalized spacial score (nSPS) is 14.3. The summed E-state index contributed by atoms with van der Waals surface area (Å²) in [6.07, 6.45) is 5.49. The number of aliphatic hydroxyl groups is 1. The van der Waals surface area contributed by atoms with Gasteiger partial charge in [-0.15, -0.1) is 0 Å². The van der Waals surface area contributed by atoms with Crippen LogP contribution >= 0.6 is 11.6 Å². The number of unbranched alkanes of at least 4 members (excludes halogenated alkanes) is 1. The van der Waals surface area contributed by atoms with Crippen molar-refractivity contribution in [2.75, 3.05) is 6.61 Å². The fourth-order valence-electron chi connectivity index (χ4n) is 4.26. The van der Waals surface area contributed by atoms with E-state index in [0.717, 1.165) is 65.6 Å². The molecule has 7 heteroatoms. The molecule has 1 fully saturated rings. The number of benzene rings is 1. The Labute approximate surface area is 173 Å². The van der Waals surface area contributed by atoms with Crippen LogP contribution in [0.1, 0.15) is 31.7 Å². The first-order chi connectivity index (χ1) is 14.1. The van der Waals surface area contributed by atoms with E-state index in [2.05, 4.69) is 10.6 Å². The largest absolute Gasteiger partial charge is 0.396 e. The summed E-state index contributed by atoms with van der Waals surface area (Å²) in [7, 11) is 1.82. The number of imidazole rings is 1.